The molecule has 1 atom stereocenters. The van der Waals surface area contributed by atoms with Crippen molar-refractivity contribution in [2.24, 2.45) is 0 Å². The van der Waals surface area contributed by atoms with E-state index in [1.165, 1.54) is 10.5 Å². The van der Waals surface area contributed by atoms with Crippen molar-refractivity contribution in [3.63, 3.8) is 0 Å². The summed E-state index contributed by atoms with van der Waals surface area (Å²) in [7, 11) is 0. The van der Waals surface area contributed by atoms with Crippen molar-refractivity contribution in [1.29, 1.82) is 0 Å². The van der Waals surface area contributed by atoms with Crippen LogP contribution in [-0.4, -0.2) is 51.5 Å². The molecule has 1 N–H and O–H groups in total. The molecule has 1 aliphatic rings. The van der Waals surface area contributed by atoms with Crippen molar-refractivity contribution in [3.05, 3.63) is 47.9 Å². The average molecular weight is 353 g/mol. The van der Waals surface area contributed by atoms with E-state index in [4.69, 9.17) is 4.74 Å². The highest BCUT2D eigenvalue weighted by Gasteiger charge is 2.35. The van der Waals surface area contributed by atoms with Crippen molar-refractivity contribution >= 4 is 10.9 Å². The van der Waals surface area contributed by atoms with E-state index < -0.39 is 0 Å². The molecule has 1 aliphatic heterocycles. The van der Waals surface area contributed by atoms with E-state index in [1.54, 1.807) is 0 Å². The molecule has 0 saturated carbocycles. The average Bonchev–Trinajstić information content (AvgIpc) is 3.13. The van der Waals surface area contributed by atoms with Crippen molar-refractivity contribution < 1.29 is 9.64 Å². The van der Waals surface area contributed by atoms with Gasteiger partial charge in [0.25, 0.3) is 0 Å². The molecule has 1 aromatic carbocycles. The summed E-state index contributed by atoms with van der Waals surface area (Å²) in [6.45, 7) is 9.78. The maximum atomic E-state index is 5.58. The Morgan fingerprint density at radius 2 is 1.96 bits per heavy atom. The summed E-state index contributed by atoms with van der Waals surface area (Å²) < 4.78 is 7.53. The van der Waals surface area contributed by atoms with Crippen LogP contribution >= 0.6 is 0 Å². The fraction of sp³-hybridized carbons (Fsp3) is 0.474. The minimum atomic E-state index is -0.179. The molecule has 3 heterocycles. The van der Waals surface area contributed by atoms with Crippen LogP contribution in [0.5, 0.6) is 0 Å². The van der Waals surface area contributed by atoms with E-state index in [0.29, 0.717) is 0 Å². The van der Waals surface area contributed by atoms with Gasteiger partial charge in [-0.15, -0.1) is 5.10 Å². The van der Waals surface area contributed by atoms with Crippen LogP contribution in [0.2, 0.25) is 0 Å². The van der Waals surface area contributed by atoms with Gasteiger partial charge in [0, 0.05) is 17.1 Å². The van der Waals surface area contributed by atoms with E-state index in [2.05, 4.69) is 65.5 Å². The third kappa shape index (κ3) is 3.20. The van der Waals surface area contributed by atoms with Crippen molar-refractivity contribution in [3.8, 4) is 0 Å². The first-order chi connectivity index (χ1) is 12.5. The van der Waals surface area contributed by atoms with Gasteiger partial charge in [0.1, 0.15) is 13.1 Å². The number of benzene rings is 1. The van der Waals surface area contributed by atoms with Gasteiger partial charge in [-0.2, -0.15) is 0 Å². The van der Waals surface area contributed by atoms with Gasteiger partial charge in [0.2, 0.25) is 5.82 Å². The Bertz CT molecular complexity index is 894. The van der Waals surface area contributed by atoms with Crippen LogP contribution in [0.15, 0.2) is 36.5 Å². The predicted molar refractivity (Wildman–Crippen MR) is 97.9 cm³/mol. The standard InChI is InChI=1S/C19H24N6O/c1-19(2,3)25-18(21-22-23-25)17(24-9-11-26-12-10-24)15-6-7-16-14(13-15)5-4-8-20-16/h4-8,13,17H,9-12H2,1-3H3/p+1/t17-/m0/s1. The van der Waals surface area contributed by atoms with Crippen LogP contribution in [0, 0.1) is 0 Å². The number of pyridine rings is 1. The predicted octanol–water partition coefficient (Wildman–Crippen LogP) is 0.981. The summed E-state index contributed by atoms with van der Waals surface area (Å²) in [5, 5.41) is 13.9. The number of hydrogen-bond acceptors (Lipinski definition) is 5. The first-order valence-electron chi connectivity index (χ1n) is 9.10. The van der Waals surface area contributed by atoms with Gasteiger partial charge in [0.15, 0.2) is 6.04 Å². The molecule has 0 unspecified atom stereocenters. The molecule has 7 nitrogen and oxygen atoms in total. The largest absolute Gasteiger partial charge is 0.370 e. The summed E-state index contributed by atoms with van der Waals surface area (Å²) >= 11 is 0. The van der Waals surface area contributed by atoms with Gasteiger partial charge in [-0.1, -0.05) is 12.1 Å². The molecule has 0 amide bonds. The number of nitrogens with zero attached hydrogens (tertiary/aromatic N) is 5. The molecule has 1 saturated heterocycles. The number of hydrogen-bond donors (Lipinski definition) is 1. The molecule has 0 spiro atoms. The minimum Gasteiger partial charge on any atom is -0.370 e. The maximum absolute atomic E-state index is 5.58. The quantitative estimate of drug-likeness (QED) is 0.760. The van der Waals surface area contributed by atoms with Gasteiger partial charge in [-0.3, -0.25) is 4.98 Å². The van der Waals surface area contributed by atoms with Crippen molar-refractivity contribution in [2.45, 2.75) is 32.4 Å². The lowest BCUT2D eigenvalue weighted by molar-refractivity contribution is -0.933. The third-order valence-electron chi connectivity index (χ3n) is 4.89. The highest BCUT2D eigenvalue weighted by Crippen LogP contribution is 2.24. The molecule has 0 aliphatic carbocycles. The van der Waals surface area contributed by atoms with Crippen LogP contribution in [0.3, 0.4) is 0 Å². The normalized spacial score (nSPS) is 17.5. The lowest BCUT2D eigenvalue weighted by Crippen LogP contribution is -3.14. The zero-order valence-corrected chi connectivity index (χ0v) is 15.5. The van der Waals surface area contributed by atoms with Crippen LogP contribution in [0.1, 0.15) is 38.2 Å². The van der Waals surface area contributed by atoms with Gasteiger partial charge >= 0.3 is 0 Å². The molecule has 2 aromatic heterocycles. The zero-order valence-electron chi connectivity index (χ0n) is 15.5. The molecule has 26 heavy (non-hydrogen) atoms. The van der Waals surface area contributed by atoms with Gasteiger partial charge in [-0.25, -0.2) is 4.68 Å². The molecule has 1 fully saturated rings. The van der Waals surface area contributed by atoms with E-state index in [-0.39, 0.29) is 11.6 Å². The lowest BCUT2D eigenvalue weighted by atomic mass is 10.00. The van der Waals surface area contributed by atoms with Gasteiger partial charge in [0.05, 0.1) is 24.3 Å². The number of tetrazole rings is 1. The van der Waals surface area contributed by atoms with Gasteiger partial charge in [-0.05, 0) is 49.4 Å². The van der Waals surface area contributed by atoms with E-state index in [9.17, 15) is 0 Å². The SMILES string of the molecule is CC(C)(C)n1nnnc1[C@H](c1ccc2ncccc2c1)[NH+]1CCOCC1. The topological polar surface area (TPSA) is 70.2 Å². The van der Waals surface area contributed by atoms with Crippen LogP contribution in [0.4, 0.5) is 0 Å². The molecule has 0 bridgehead atoms. The molecule has 136 valence electrons. The number of rotatable bonds is 3. The highest BCUT2D eigenvalue weighted by molar-refractivity contribution is 5.79. The van der Waals surface area contributed by atoms with E-state index in [0.717, 1.165) is 43.0 Å². The Hall–Kier alpha value is -2.38. The summed E-state index contributed by atoms with van der Waals surface area (Å²) in [6, 6.07) is 10.6. The number of quaternary nitrogens is 1. The van der Waals surface area contributed by atoms with Gasteiger partial charge < -0.3 is 9.64 Å². The second kappa shape index (κ2) is 6.74. The molecule has 7 heteroatoms. The maximum Gasteiger partial charge on any atom is 0.214 e. The molecule has 0 radical (unpaired) electrons. The van der Waals surface area contributed by atoms with Crippen molar-refractivity contribution in [2.75, 3.05) is 26.3 Å². The molecular weight excluding hydrogens is 328 g/mol. The monoisotopic (exact) mass is 353 g/mol. The first-order valence-corrected chi connectivity index (χ1v) is 9.10. The fourth-order valence-corrected chi connectivity index (χ4v) is 3.62. The number of aromatic nitrogens is 5. The zero-order chi connectivity index (χ0) is 18.1. The van der Waals surface area contributed by atoms with Crippen molar-refractivity contribution in [1.82, 2.24) is 25.2 Å². The highest BCUT2D eigenvalue weighted by atomic mass is 16.5. The summed E-state index contributed by atoms with van der Waals surface area (Å²) in [6.07, 6.45) is 1.83. The van der Waals surface area contributed by atoms with E-state index >= 15 is 0 Å². The lowest BCUT2D eigenvalue weighted by Gasteiger charge is -2.32. The summed E-state index contributed by atoms with van der Waals surface area (Å²) in [5.41, 5.74) is 2.03. The third-order valence-corrected chi connectivity index (χ3v) is 4.89. The smallest absolute Gasteiger partial charge is 0.214 e. The number of fused-ring (bicyclic) bond motifs is 1. The summed E-state index contributed by atoms with van der Waals surface area (Å²) in [5.74, 6) is 0.901. The summed E-state index contributed by atoms with van der Waals surface area (Å²) in [4.78, 5) is 5.87. The second-order valence-corrected chi connectivity index (χ2v) is 7.78. The van der Waals surface area contributed by atoms with E-state index in [1.807, 2.05) is 16.9 Å². The number of morpholine rings is 1. The Morgan fingerprint density at radius 1 is 1.15 bits per heavy atom. The Labute approximate surface area is 153 Å². The second-order valence-electron chi connectivity index (χ2n) is 7.78. The Balaban J connectivity index is 1.84. The fourth-order valence-electron chi connectivity index (χ4n) is 3.62. The minimum absolute atomic E-state index is 0.0673. The number of nitrogens with one attached hydrogen (secondary N) is 1. The first kappa shape index (κ1) is 17.1. The molecular formula is C19H25N6O+. The Kier molecular flexibility index (Phi) is 4.42. The van der Waals surface area contributed by atoms with Crippen LogP contribution in [-0.2, 0) is 10.3 Å². The molecule has 4 rings (SSSR count). The number of ether oxygens (including phenoxy) is 1. The molecule has 3 aromatic rings. The Morgan fingerprint density at radius 3 is 2.73 bits per heavy atom. The van der Waals surface area contributed by atoms with Crippen LogP contribution < -0.4 is 4.90 Å². The van der Waals surface area contributed by atoms with Crippen LogP contribution in [0.25, 0.3) is 10.9 Å².